The number of para-hydroxylation sites is 1. The number of carbonyl (C=O) groups excluding carboxylic acids is 1. The highest BCUT2D eigenvalue weighted by Gasteiger charge is 2.17. The molecule has 6 heteroatoms. The summed E-state index contributed by atoms with van der Waals surface area (Å²) in [5.41, 5.74) is 1.06. The van der Waals surface area contributed by atoms with E-state index in [1.54, 1.807) is 0 Å². The molecule has 0 aliphatic rings. The first-order valence-electron chi connectivity index (χ1n) is 8.33. The third kappa shape index (κ3) is 4.49. The van der Waals surface area contributed by atoms with Gasteiger partial charge in [-0.05, 0) is 42.7 Å². The van der Waals surface area contributed by atoms with Crippen molar-refractivity contribution in [2.24, 2.45) is 0 Å². The van der Waals surface area contributed by atoms with Gasteiger partial charge in [0.2, 0.25) is 11.7 Å². The summed E-state index contributed by atoms with van der Waals surface area (Å²) >= 11 is 0. The molecule has 2 N–H and O–H groups in total. The Morgan fingerprint density at radius 3 is 2.54 bits per heavy atom. The summed E-state index contributed by atoms with van der Waals surface area (Å²) in [5.74, 6) is 1.40. The topological polar surface area (TPSA) is 84.6 Å². The van der Waals surface area contributed by atoms with Crippen LogP contribution in [-0.4, -0.2) is 23.0 Å². The van der Waals surface area contributed by atoms with Crippen molar-refractivity contribution < 1.29 is 19.1 Å². The summed E-state index contributed by atoms with van der Waals surface area (Å²) in [6.07, 6.45) is 1.53. The molecule has 1 unspecified atom stereocenters. The second-order valence-electron chi connectivity index (χ2n) is 5.76. The van der Waals surface area contributed by atoms with Gasteiger partial charge in [0.1, 0.15) is 17.6 Å². The molecule has 2 aromatic carbocycles. The molecular weight excluding hydrogens is 332 g/mol. The maximum absolute atomic E-state index is 11.5. The number of hydrogen-bond acceptors (Lipinski definition) is 5. The average Bonchev–Trinajstić information content (AvgIpc) is 3.18. The smallest absolute Gasteiger partial charge is 0.288 e. The number of oxazole rings is 1. The van der Waals surface area contributed by atoms with Crippen molar-refractivity contribution >= 4 is 5.91 Å². The number of rotatable bonds is 7. The number of aliphatic hydroxyl groups excluding tert-OH is 1. The summed E-state index contributed by atoms with van der Waals surface area (Å²) < 4.78 is 11.0. The van der Waals surface area contributed by atoms with Gasteiger partial charge in [-0.25, -0.2) is 4.98 Å². The van der Waals surface area contributed by atoms with Gasteiger partial charge in [-0.1, -0.05) is 30.3 Å². The Hall–Kier alpha value is -3.12. The first-order chi connectivity index (χ1) is 12.7. The van der Waals surface area contributed by atoms with Crippen molar-refractivity contribution in [3.05, 3.63) is 78.0 Å². The van der Waals surface area contributed by atoms with E-state index in [1.807, 2.05) is 54.6 Å². The number of carbonyl (C=O) groups is 1. The normalized spacial score (nSPS) is 11.8. The zero-order valence-corrected chi connectivity index (χ0v) is 14.4. The van der Waals surface area contributed by atoms with Crippen molar-refractivity contribution in [1.82, 2.24) is 10.3 Å². The standard InChI is InChI=1S/C20H20N2O4/c1-21-19(24)18-13-22-20(26-18)17(23)12-9-14-7-10-16(11-8-14)25-15-5-3-2-4-6-15/h2-8,10-11,13,17,23H,9,12H2,1H3,(H,21,24). The Morgan fingerprint density at radius 2 is 1.85 bits per heavy atom. The molecule has 0 saturated carbocycles. The third-order valence-corrected chi connectivity index (χ3v) is 3.87. The number of nitrogens with one attached hydrogen (secondary N) is 1. The van der Waals surface area contributed by atoms with Crippen LogP contribution >= 0.6 is 0 Å². The van der Waals surface area contributed by atoms with Gasteiger partial charge in [0, 0.05) is 7.05 Å². The summed E-state index contributed by atoms with van der Waals surface area (Å²) in [5, 5.41) is 12.6. The fourth-order valence-corrected chi connectivity index (χ4v) is 2.45. The molecule has 3 aromatic rings. The lowest BCUT2D eigenvalue weighted by atomic mass is 10.1. The Kier molecular flexibility index (Phi) is 5.66. The fourth-order valence-electron chi connectivity index (χ4n) is 2.45. The van der Waals surface area contributed by atoms with E-state index in [-0.39, 0.29) is 17.6 Å². The van der Waals surface area contributed by atoms with Crippen LogP contribution < -0.4 is 10.1 Å². The van der Waals surface area contributed by atoms with Gasteiger partial charge >= 0.3 is 0 Å². The molecule has 1 atom stereocenters. The zero-order chi connectivity index (χ0) is 18.4. The molecule has 0 spiro atoms. The second-order valence-corrected chi connectivity index (χ2v) is 5.76. The lowest BCUT2D eigenvalue weighted by molar-refractivity contribution is 0.0917. The van der Waals surface area contributed by atoms with Crippen molar-refractivity contribution in [1.29, 1.82) is 0 Å². The predicted molar refractivity (Wildman–Crippen MR) is 96.1 cm³/mol. The lowest BCUT2D eigenvalue weighted by Gasteiger charge is -2.08. The number of aryl methyl sites for hydroxylation is 1. The molecule has 0 fully saturated rings. The van der Waals surface area contributed by atoms with Gasteiger partial charge < -0.3 is 19.6 Å². The largest absolute Gasteiger partial charge is 0.457 e. The van der Waals surface area contributed by atoms with Gasteiger partial charge in [-0.3, -0.25) is 4.79 Å². The van der Waals surface area contributed by atoms with Gasteiger partial charge in [0.25, 0.3) is 5.91 Å². The first-order valence-corrected chi connectivity index (χ1v) is 8.33. The van der Waals surface area contributed by atoms with Crippen LogP contribution in [0, 0.1) is 0 Å². The molecule has 1 amide bonds. The van der Waals surface area contributed by atoms with Crippen LogP contribution in [-0.2, 0) is 6.42 Å². The van der Waals surface area contributed by atoms with Crippen molar-refractivity contribution in [3.8, 4) is 11.5 Å². The molecule has 1 heterocycles. The quantitative estimate of drug-likeness (QED) is 0.680. The number of nitrogens with zero attached hydrogens (tertiary/aromatic N) is 1. The van der Waals surface area contributed by atoms with E-state index >= 15 is 0 Å². The molecular formula is C20H20N2O4. The molecule has 3 rings (SSSR count). The Balaban J connectivity index is 1.54. The molecule has 1 aromatic heterocycles. The van der Waals surface area contributed by atoms with Crippen molar-refractivity contribution in [3.63, 3.8) is 0 Å². The molecule has 0 aliphatic carbocycles. The predicted octanol–water partition coefficient (Wildman–Crippen LogP) is 3.49. The van der Waals surface area contributed by atoms with Gasteiger partial charge in [-0.15, -0.1) is 0 Å². The van der Waals surface area contributed by atoms with E-state index in [1.165, 1.54) is 13.2 Å². The minimum Gasteiger partial charge on any atom is -0.457 e. The highest BCUT2D eigenvalue weighted by atomic mass is 16.5. The minimum atomic E-state index is -0.867. The van der Waals surface area contributed by atoms with Gasteiger partial charge in [0.05, 0.1) is 6.20 Å². The SMILES string of the molecule is CNC(=O)c1cnc(C(O)CCc2ccc(Oc3ccccc3)cc2)o1. The molecule has 0 radical (unpaired) electrons. The Morgan fingerprint density at radius 1 is 1.15 bits per heavy atom. The second kappa shape index (κ2) is 8.31. The van der Waals surface area contributed by atoms with Crippen LogP contribution in [0.5, 0.6) is 11.5 Å². The van der Waals surface area contributed by atoms with E-state index in [0.717, 1.165) is 17.1 Å². The number of benzene rings is 2. The molecule has 0 saturated heterocycles. The van der Waals surface area contributed by atoms with Gasteiger partial charge in [-0.2, -0.15) is 0 Å². The summed E-state index contributed by atoms with van der Waals surface area (Å²) in [7, 11) is 1.51. The molecule has 26 heavy (non-hydrogen) atoms. The van der Waals surface area contributed by atoms with Crippen LogP contribution in [0.3, 0.4) is 0 Å². The minimum absolute atomic E-state index is 0.0870. The number of ether oxygens (including phenoxy) is 1. The van der Waals surface area contributed by atoms with Crippen LogP contribution in [0.4, 0.5) is 0 Å². The third-order valence-electron chi connectivity index (χ3n) is 3.87. The molecule has 0 bridgehead atoms. The van der Waals surface area contributed by atoms with Crippen LogP contribution in [0.2, 0.25) is 0 Å². The fraction of sp³-hybridized carbons (Fsp3) is 0.200. The number of aromatic nitrogens is 1. The van der Waals surface area contributed by atoms with E-state index < -0.39 is 6.10 Å². The maximum atomic E-state index is 11.5. The van der Waals surface area contributed by atoms with Crippen molar-refractivity contribution in [2.45, 2.75) is 18.9 Å². The van der Waals surface area contributed by atoms with E-state index in [2.05, 4.69) is 10.3 Å². The highest BCUT2D eigenvalue weighted by Crippen LogP contribution is 2.23. The maximum Gasteiger partial charge on any atom is 0.288 e. The highest BCUT2D eigenvalue weighted by molar-refractivity contribution is 5.90. The monoisotopic (exact) mass is 352 g/mol. The molecule has 134 valence electrons. The summed E-state index contributed by atoms with van der Waals surface area (Å²) in [6, 6.07) is 17.3. The number of amides is 1. The number of hydrogen-bond donors (Lipinski definition) is 2. The van der Waals surface area contributed by atoms with Crippen molar-refractivity contribution in [2.75, 3.05) is 7.05 Å². The summed E-state index contributed by atoms with van der Waals surface area (Å²) in [4.78, 5) is 15.4. The summed E-state index contributed by atoms with van der Waals surface area (Å²) in [6.45, 7) is 0. The van der Waals surface area contributed by atoms with E-state index in [0.29, 0.717) is 12.8 Å². The van der Waals surface area contributed by atoms with Crippen LogP contribution in [0.15, 0.2) is 65.2 Å². The van der Waals surface area contributed by atoms with E-state index in [9.17, 15) is 9.90 Å². The average molecular weight is 352 g/mol. The molecule has 0 aliphatic heterocycles. The lowest BCUT2D eigenvalue weighted by Crippen LogP contribution is -2.16. The van der Waals surface area contributed by atoms with E-state index in [4.69, 9.17) is 9.15 Å². The zero-order valence-electron chi connectivity index (χ0n) is 14.4. The Labute approximate surface area is 151 Å². The van der Waals surface area contributed by atoms with Gasteiger partial charge in [0.15, 0.2) is 0 Å². The van der Waals surface area contributed by atoms with Crippen LogP contribution in [0.25, 0.3) is 0 Å². The Bertz CT molecular complexity index is 844. The molecule has 6 nitrogen and oxygen atoms in total. The number of aliphatic hydroxyl groups is 1. The first kappa shape index (κ1) is 17.7. The van der Waals surface area contributed by atoms with Crippen LogP contribution in [0.1, 0.15) is 34.5 Å².